The van der Waals surface area contributed by atoms with Crippen LogP contribution in [-0.2, 0) is 0 Å². The minimum atomic E-state index is -0.575. The van der Waals surface area contributed by atoms with Gasteiger partial charge in [0.15, 0.2) is 6.29 Å². The summed E-state index contributed by atoms with van der Waals surface area (Å²) in [5.41, 5.74) is 1.50. The molecule has 0 N–H and O–H groups in total. The highest BCUT2D eigenvalue weighted by Crippen LogP contribution is 2.29. The number of carbonyl (C=O) groups excluding carboxylic acids is 1. The first-order valence-electron chi connectivity index (χ1n) is 5.65. The van der Waals surface area contributed by atoms with Gasteiger partial charge in [-0.3, -0.25) is 4.79 Å². The molecular weight excluding hydrogens is 243 g/mol. The summed E-state index contributed by atoms with van der Waals surface area (Å²) in [6, 6.07) is 13.4. The lowest BCUT2D eigenvalue weighted by Crippen LogP contribution is -2.13. The second-order valence-corrected chi connectivity index (χ2v) is 3.98. The molecule has 0 amide bonds. The number of anilines is 2. The van der Waals surface area contributed by atoms with E-state index in [1.54, 1.807) is 42.3 Å². The zero-order chi connectivity index (χ0) is 13.8. The fraction of sp³-hybridized carbons (Fsp3) is 0.0667. The third-order valence-corrected chi connectivity index (χ3v) is 2.89. The molecule has 19 heavy (non-hydrogen) atoms. The van der Waals surface area contributed by atoms with Crippen LogP contribution in [0, 0.1) is 17.1 Å². The number of halogens is 1. The van der Waals surface area contributed by atoms with Crippen molar-refractivity contribution >= 4 is 17.7 Å². The van der Waals surface area contributed by atoms with E-state index < -0.39 is 5.82 Å². The van der Waals surface area contributed by atoms with Crippen molar-refractivity contribution in [2.75, 3.05) is 11.9 Å². The Labute approximate surface area is 110 Å². The van der Waals surface area contributed by atoms with E-state index in [0.29, 0.717) is 23.2 Å². The molecule has 0 saturated carbocycles. The van der Waals surface area contributed by atoms with Gasteiger partial charge in [-0.1, -0.05) is 18.2 Å². The van der Waals surface area contributed by atoms with Gasteiger partial charge in [-0.2, -0.15) is 5.26 Å². The van der Waals surface area contributed by atoms with Crippen LogP contribution in [0.25, 0.3) is 0 Å². The van der Waals surface area contributed by atoms with Gasteiger partial charge >= 0.3 is 0 Å². The predicted molar refractivity (Wildman–Crippen MR) is 71.0 cm³/mol. The van der Waals surface area contributed by atoms with Gasteiger partial charge in [0.1, 0.15) is 11.9 Å². The highest BCUT2D eigenvalue weighted by Gasteiger charge is 2.14. The van der Waals surface area contributed by atoms with Crippen molar-refractivity contribution in [3.8, 4) is 6.07 Å². The Morgan fingerprint density at radius 1 is 1.16 bits per heavy atom. The molecule has 0 unspecified atom stereocenters. The topological polar surface area (TPSA) is 44.1 Å². The first-order valence-corrected chi connectivity index (χ1v) is 5.65. The number of nitriles is 1. The lowest BCUT2D eigenvalue weighted by molar-refractivity contribution is 0.112. The molecule has 0 spiro atoms. The van der Waals surface area contributed by atoms with Crippen LogP contribution < -0.4 is 4.90 Å². The van der Waals surface area contributed by atoms with Crippen LogP contribution >= 0.6 is 0 Å². The summed E-state index contributed by atoms with van der Waals surface area (Å²) in [5.74, 6) is -0.575. The van der Waals surface area contributed by atoms with Crippen LogP contribution in [0.15, 0.2) is 42.5 Å². The molecule has 0 radical (unpaired) electrons. The largest absolute Gasteiger partial charge is 0.343 e. The van der Waals surface area contributed by atoms with Crippen molar-refractivity contribution < 1.29 is 9.18 Å². The van der Waals surface area contributed by atoms with E-state index in [2.05, 4.69) is 6.07 Å². The third kappa shape index (κ3) is 2.31. The van der Waals surface area contributed by atoms with Crippen molar-refractivity contribution in [2.24, 2.45) is 0 Å². The summed E-state index contributed by atoms with van der Waals surface area (Å²) >= 11 is 0. The predicted octanol–water partition coefficient (Wildman–Crippen LogP) is 3.28. The molecule has 0 saturated heterocycles. The number of nitrogens with zero attached hydrogens (tertiary/aromatic N) is 2. The molecule has 0 aromatic heterocycles. The monoisotopic (exact) mass is 254 g/mol. The second-order valence-electron chi connectivity index (χ2n) is 3.98. The minimum absolute atomic E-state index is 0.0160. The lowest BCUT2D eigenvalue weighted by atomic mass is 10.1. The van der Waals surface area contributed by atoms with Gasteiger partial charge in [0, 0.05) is 7.05 Å². The number of hydrogen-bond donors (Lipinski definition) is 0. The van der Waals surface area contributed by atoms with Crippen molar-refractivity contribution in [3.63, 3.8) is 0 Å². The molecule has 94 valence electrons. The van der Waals surface area contributed by atoms with Gasteiger partial charge < -0.3 is 4.90 Å². The van der Waals surface area contributed by atoms with Gasteiger partial charge in [0.25, 0.3) is 0 Å². The van der Waals surface area contributed by atoms with E-state index in [9.17, 15) is 9.18 Å². The normalized spacial score (nSPS) is 9.74. The Hall–Kier alpha value is -2.67. The fourth-order valence-corrected chi connectivity index (χ4v) is 1.93. The highest BCUT2D eigenvalue weighted by molar-refractivity contribution is 5.87. The van der Waals surface area contributed by atoms with E-state index in [1.165, 1.54) is 12.1 Å². The first kappa shape index (κ1) is 12.8. The molecule has 2 aromatic rings. The summed E-state index contributed by atoms with van der Waals surface area (Å²) in [6.07, 6.45) is 0.482. The van der Waals surface area contributed by atoms with Crippen LogP contribution in [0.1, 0.15) is 15.9 Å². The highest BCUT2D eigenvalue weighted by atomic mass is 19.1. The fourth-order valence-electron chi connectivity index (χ4n) is 1.93. The standard InChI is InChI=1S/C15H11FN2O/c1-18(14-7-3-2-5-11(14)9-17)15-8-4-6-13(16)12(15)10-19/h2-8,10H,1H3. The summed E-state index contributed by atoms with van der Waals surface area (Å²) in [7, 11) is 1.69. The van der Waals surface area contributed by atoms with Gasteiger partial charge in [0.05, 0.1) is 22.5 Å². The number of aldehydes is 1. The Balaban J connectivity index is 2.57. The van der Waals surface area contributed by atoms with E-state index in [-0.39, 0.29) is 5.56 Å². The van der Waals surface area contributed by atoms with Gasteiger partial charge in [-0.05, 0) is 24.3 Å². The second kappa shape index (κ2) is 5.32. The molecule has 0 fully saturated rings. The van der Waals surface area contributed by atoms with E-state index in [0.717, 1.165) is 0 Å². The Bertz CT molecular complexity index is 661. The zero-order valence-electron chi connectivity index (χ0n) is 10.3. The zero-order valence-corrected chi connectivity index (χ0v) is 10.3. The Kier molecular flexibility index (Phi) is 3.58. The molecular formula is C15H11FN2O. The molecule has 2 rings (SSSR count). The molecule has 0 aliphatic rings. The molecule has 0 heterocycles. The molecule has 0 aliphatic carbocycles. The average Bonchev–Trinajstić information content (AvgIpc) is 2.46. The smallest absolute Gasteiger partial charge is 0.155 e. The van der Waals surface area contributed by atoms with E-state index in [4.69, 9.17) is 5.26 Å². The number of carbonyl (C=O) groups is 1. The maximum atomic E-state index is 13.6. The quantitative estimate of drug-likeness (QED) is 0.789. The van der Waals surface area contributed by atoms with Crippen LogP contribution in [-0.4, -0.2) is 13.3 Å². The minimum Gasteiger partial charge on any atom is -0.343 e. The van der Waals surface area contributed by atoms with Crippen LogP contribution in [0.5, 0.6) is 0 Å². The summed E-state index contributed by atoms with van der Waals surface area (Å²) in [6.45, 7) is 0. The number of rotatable bonds is 3. The van der Waals surface area contributed by atoms with Gasteiger partial charge in [0.2, 0.25) is 0 Å². The third-order valence-electron chi connectivity index (χ3n) is 2.89. The Morgan fingerprint density at radius 3 is 2.53 bits per heavy atom. The first-order chi connectivity index (χ1) is 9.19. The van der Waals surface area contributed by atoms with Crippen molar-refractivity contribution in [3.05, 3.63) is 59.4 Å². The number of hydrogen-bond acceptors (Lipinski definition) is 3. The maximum absolute atomic E-state index is 13.6. The van der Waals surface area contributed by atoms with Crippen molar-refractivity contribution in [2.45, 2.75) is 0 Å². The number of benzene rings is 2. The molecule has 0 bridgehead atoms. The lowest BCUT2D eigenvalue weighted by Gasteiger charge is -2.22. The maximum Gasteiger partial charge on any atom is 0.155 e. The van der Waals surface area contributed by atoms with Gasteiger partial charge in [-0.15, -0.1) is 0 Å². The van der Waals surface area contributed by atoms with E-state index >= 15 is 0 Å². The molecule has 2 aromatic carbocycles. The van der Waals surface area contributed by atoms with Crippen LogP contribution in [0.4, 0.5) is 15.8 Å². The van der Waals surface area contributed by atoms with Crippen LogP contribution in [0.3, 0.4) is 0 Å². The van der Waals surface area contributed by atoms with Gasteiger partial charge in [-0.25, -0.2) is 4.39 Å². The summed E-state index contributed by atoms with van der Waals surface area (Å²) in [4.78, 5) is 12.6. The molecule has 3 nitrogen and oxygen atoms in total. The van der Waals surface area contributed by atoms with E-state index in [1.807, 2.05) is 0 Å². The van der Waals surface area contributed by atoms with Crippen molar-refractivity contribution in [1.82, 2.24) is 0 Å². The SMILES string of the molecule is CN(c1ccccc1C#N)c1cccc(F)c1C=O. The molecule has 4 heteroatoms. The average molecular weight is 254 g/mol. The summed E-state index contributed by atoms with van der Waals surface area (Å²) in [5, 5.41) is 9.08. The van der Waals surface area contributed by atoms with Crippen LogP contribution in [0.2, 0.25) is 0 Å². The summed E-state index contributed by atoms with van der Waals surface area (Å²) < 4.78 is 13.6. The molecule has 0 aliphatic heterocycles. The Morgan fingerprint density at radius 2 is 1.84 bits per heavy atom. The molecule has 0 atom stereocenters. The number of para-hydroxylation sites is 1. The van der Waals surface area contributed by atoms with Crippen molar-refractivity contribution in [1.29, 1.82) is 5.26 Å².